The average Bonchev–Trinajstić information content (AvgIpc) is 2.34. The number of hydrogen-bond acceptors (Lipinski definition) is 3. The van der Waals surface area contributed by atoms with Crippen LogP contribution in [0.5, 0.6) is 5.75 Å². The number of rotatable bonds is 6. The summed E-state index contributed by atoms with van der Waals surface area (Å²) in [5.74, 6) is 1.19. The molecular weight excluding hydrogens is 216 g/mol. The van der Waals surface area contributed by atoms with E-state index in [2.05, 4.69) is 30.7 Å². The minimum absolute atomic E-state index is 0.191. The van der Waals surface area contributed by atoms with Gasteiger partial charge in [0.1, 0.15) is 5.75 Å². The monoisotopic (exact) mass is 236 g/mol. The highest BCUT2D eigenvalue weighted by Gasteiger charge is 2.01. The zero-order valence-electron chi connectivity index (χ0n) is 10.7. The number of esters is 1. The number of hydrogen-bond donors (Lipinski definition) is 0. The summed E-state index contributed by atoms with van der Waals surface area (Å²) in [5, 5.41) is 0. The molecule has 1 rings (SSSR count). The second kappa shape index (κ2) is 6.94. The molecule has 0 fully saturated rings. The smallest absolute Gasteiger partial charge is 0.305 e. The van der Waals surface area contributed by atoms with Gasteiger partial charge in [-0.05, 0) is 30.0 Å². The molecule has 0 heterocycles. The van der Waals surface area contributed by atoms with Gasteiger partial charge in [0.15, 0.2) is 0 Å². The molecule has 0 bridgehead atoms. The van der Waals surface area contributed by atoms with Crippen LogP contribution in [0.15, 0.2) is 24.3 Å². The van der Waals surface area contributed by atoms with Gasteiger partial charge in [0, 0.05) is 6.42 Å². The second-order valence-corrected chi connectivity index (χ2v) is 4.25. The van der Waals surface area contributed by atoms with E-state index in [1.165, 1.54) is 12.7 Å². The fourth-order valence-electron chi connectivity index (χ4n) is 1.46. The average molecular weight is 236 g/mol. The zero-order chi connectivity index (χ0) is 12.7. The molecule has 0 unspecified atom stereocenters. The molecule has 0 radical (unpaired) electrons. The third kappa shape index (κ3) is 4.89. The van der Waals surface area contributed by atoms with Crippen LogP contribution < -0.4 is 4.74 Å². The highest BCUT2D eigenvalue weighted by atomic mass is 16.5. The molecule has 0 amide bonds. The molecule has 0 spiro atoms. The minimum atomic E-state index is -0.191. The van der Waals surface area contributed by atoms with Crippen LogP contribution in [0.2, 0.25) is 0 Å². The molecule has 0 saturated heterocycles. The lowest BCUT2D eigenvalue weighted by Gasteiger charge is -2.08. The molecular formula is C14H20O3. The number of carbonyl (C=O) groups is 1. The molecule has 0 aromatic heterocycles. The molecule has 1 aromatic rings. The lowest BCUT2D eigenvalue weighted by Crippen LogP contribution is -2.04. The molecule has 17 heavy (non-hydrogen) atoms. The minimum Gasteiger partial charge on any atom is -0.494 e. The Bertz CT molecular complexity index is 341. The molecule has 3 nitrogen and oxygen atoms in total. The van der Waals surface area contributed by atoms with Crippen molar-refractivity contribution in [1.29, 1.82) is 0 Å². The third-order valence-electron chi connectivity index (χ3n) is 2.57. The first-order chi connectivity index (χ1) is 8.13. The number of carbonyl (C=O) groups excluding carboxylic acids is 1. The SMILES string of the molecule is COC(=O)CCCOc1ccc(C(C)C)cc1. The van der Waals surface area contributed by atoms with Crippen molar-refractivity contribution in [2.24, 2.45) is 0 Å². The van der Waals surface area contributed by atoms with E-state index in [0.29, 0.717) is 25.4 Å². The largest absolute Gasteiger partial charge is 0.494 e. The summed E-state index contributed by atoms with van der Waals surface area (Å²) in [5.41, 5.74) is 1.30. The van der Waals surface area contributed by atoms with Gasteiger partial charge in [-0.1, -0.05) is 26.0 Å². The standard InChI is InChI=1S/C14H20O3/c1-11(2)12-6-8-13(9-7-12)17-10-4-5-14(15)16-3/h6-9,11H,4-5,10H2,1-3H3. The summed E-state index contributed by atoms with van der Waals surface area (Å²) >= 11 is 0. The Kier molecular flexibility index (Phi) is 5.53. The maximum absolute atomic E-state index is 10.9. The van der Waals surface area contributed by atoms with Gasteiger partial charge in [0.25, 0.3) is 0 Å². The van der Waals surface area contributed by atoms with Gasteiger partial charge in [0.2, 0.25) is 0 Å². The zero-order valence-corrected chi connectivity index (χ0v) is 10.7. The Hall–Kier alpha value is -1.51. The fourth-order valence-corrected chi connectivity index (χ4v) is 1.46. The second-order valence-electron chi connectivity index (χ2n) is 4.25. The first-order valence-corrected chi connectivity index (χ1v) is 5.93. The van der Waals surface area contributed by atoms with Gasteiger partial charge in [0.05, 0.1) is 13.7 Å². The number of methoxy groups -OCH3 is 1. The van der Waals surface area contributed by atoms with Gasteiger partial charge in [-0.15, -0.1) is 0 Å². The van der Waals surface area contributed by atoms with Crippen LogP contribution in [0.3, 0.4) is 0 Å². The first kappa shape index (κ1) is 13.6. The molecule has 0 aliphatic carbocycles. The molecule has 0 N–H and O–H groups in total. The van der Waals surface area contributed by atoms with E-state index in [1.54, 1.807) is 0 Å². The van der Waals surface area contributed by atoms with E-state index in [0.717, 1.165) is 5.75 Å². The molecule has 0 atom stereocenters. The number of benzene rings is 1. The lowest BCUT2D eigenvalue weighted by atomic mass is 10.0. The summed E-state index contributed by atoms with van der Waals surface area (Å²) in [6, 6.07) is 8.07. The predicted octanol–water partition coefficient (Wildman–Crippen LogP) is 3.14. The molecule has 94 valence electrons. The summed E-state index contributed by atoms with van der Waals surface area (Å²) in [6.07, 6.45) is 1.08. The van der Waals surface area contributed by atoms with Gasteiger partial charge in [-0.25, -0.2) is 0 Å². The highest BCUT2D eigenvalue weighted by Crippen LogP contribution is 2.18. The Morgan fingerprint density at radius 2 is 1.88 bits per heavy atom. The van der Waals surface area contributed by atoms with E-state index in [9.17, 15) is 4.79 Å². The van der Waals surface area contributed by atoms with Gasteiger partial charge in [-0.2, -0.15) is 0 Å². The van der Waals surface area contributed by atoms with Gasteiger partial charge < -0.3 is 9.47 Å². The molecule has 0 saturated carbocycles. The fraction of sp³-hybridized carbons (Fsp3) is 0.500. The Morgan fingerprint density at radius 1 is 1.24 bits per heavy atom. The Labute approximate surface area is 103 Å². The van der Waals surface area contributed by atoms with Crippen LogP contribution in [0, 0.1) is 0 Å². The maximum Gasteiger partial charge on any atom is 0.305 e. The lowest BCUT2D eigenvalue weighted by molar-refractivity contribution is -0.140. The molecule has 0 aliphatic heterocycles. The van der Waals surface area contributed by atoms with Gasteiger partial charge >= 0.3 is 5.97 Å². The van der Waals surface area contributed by atoms with Crippen molar-refractivity contribution in [3.8, 4) is 5.75 Å². The van der Waals surface area contributed by atoms with Crippen LogP contribution in [0.1, 0.15) is 38.2 Å². The molecule has 1 aromatic carbocycles. The topological polar surface area (TPSA) is 35.5 Å². The predicted molar refractivity (Wildman–Crippen MR) is 67.3 cm³/mol. The van der Waals surface area contributed by atoms with Crippen LogP contribution >= 0.6 is 0 Å². The van der Waals surface area contributed by atoms with Crippen LogP contribution in [0.4, 0.5) is 0 Å². The van der Waals surface area contributed by atoms with Crippen molar-refractivity contribution in [1.82, 2.24) is 0 Å². The Morgan fingerprint density at radius 3 is 2.41 bits per heavy atom. The first-order valence-electron chi connectivity index (χ1n) is 5.93. The van der Waals surface area contributed by atoms with E-state index in [-0.39, 0.29) is 5.97 Å². The summed E-state index contributed by atoms with van der Waals surface area (Å²) < 4.78 is 10.1. The van der Waals surface area contributed by atoms with Crippen LogP contribution in [-0.4, -0.2) is 19.7 Å². The van der Waals surface area contributed by atoms with Crippen molar-refractivity contribution in [2.75, 3.05) is 13.7 Å². The van der Waals surface area contributed by atoms with Crippen molar-refractivity contribution < 1.29 is 14.3 Å². The third-order valence-corrected chi connectivity index (χ3v) is 2.57. The van der Waals surface area contributed by atoms with E-state index >= 15 is 0 Å². The molecule has 0 aliphatic rings. The van der Waals surface area contributed by atoms with E-state index < -0.39 is 0 Å². The number of ether oxygens (including phenoxy) is 2. The summed E-state index contributed by atoms with van der Waals surface area (Å²) in [7, 11) is 1.40. The normalized spacial score (nSPS) is 10.4. The van der Waals surface area contributed by atoms with Crippen molar-refractivity contribution in [3.63, 3.8) is 0 Å². The van der Waals surface area contributed by atoms with Crippen molar-refractivity contribution in [3.05, 3.63) is 29.8 Å². The maximum atomic E-state index is 10.9. The quantitative estimate of drug-likeness (QED) is 0.562. The summed E-state index contributed by atoms with van der Waals surface area (Å²) in [6.45, 7) is 4.86. The molecule has 3 heteroatoms. The van der Waals surface area contributed by atoms with E-state index in [4.69, 9.17) is 4.74 Å². The highest BCUT2D eigenvalue weighted by molar-refractivity contribution is 5.69. The van der Waals surface area contributed by atoms with Crippen molar-refractivity contribution >= 4 is 5.97 Å². The van der Waals surface area contributed by atoms with Crippen molar-refractivity contribution in [2.45, 2.75) is 32.6 Å². The van der Waals surface area contributed by atoms with Gasteiger partial charge in [-0.3, -0.25) is 4.79 Å². The van der Waals surface area contributed by atoms with Crippen LogP contribution in [0.25, 0.3) is 0 Å². The summed E-state index contributed by atoms with van der Waals surface area (Å²) in [4.78, 5) is 10.9. The Balaban J connectivity index is 2.30. The van der Waals surface area contributed by atoms with E-state index in [1.807, 2.05) is 12.1 Å². The van der Waals surface area contributed by atoms with Crippen LogP contribution in [-0.2, 0) is 9.53 Å².